The standard InChI is InChI=1S/C12H23NO2/c1-5-15-12(10-14)7-6-8-13(9-12)11(2,3)4/h10H,5-9H2,1-4H3. The molecule has 1 saturated heterocycles. The number of aldehydes is 1. The fourth-order valence-electron chi connectivity index (χ4n) is 2.16. The second-order valence-electron chi connectivity index (χ2n) is 5.31. The van der Waals surface area contributed by atoms with Gasteiger partial charge in [-0.3, -0.25) is 4.90 Å². The molecule has 88 valence electrons. The average molecular weight is 213 g/mol. The van der Waals surface area contributed by atoms with E-state index < -0.39 is 5.60 Å². The van der Waals surface area contributed by atoms with Crippen LogP contribution < -0.4 is 0 Å². The lowest BCUT2D eigenvalue weighted by molar-refractivity contribution is -0.142. The van der Waals surface area contributed by atoms with E-state index in [2.05, 4.69) is 25.7 Å². The summed E-state index contributed by atoms with van der Waals surface area (Å²) in [4.78, 5) is 13.5. The number of rotatable bonds is 3. The lowest BCUT2D eigenvalue weighted by Gasteiger charge is -2.45. The van der Waals surface area contributed by atoms with Crippen LogP contribution in [-0.2, 0) is 9.53 Å². The van der Waals surface area contributed by atoms with Crippen molar-refractivity contribution in [2.24, 2.45) is 0 Å². The molecule has 1 aliphatic rings. The monoisotopic (exact) mass is 213 g/mol. The highest BCUT2D eigenvalue weighted by Gasteiger charge is 2.39. The molecule has 0 saturated carbocycles. The van der Waals surface area contributed by atoms with Crippen LogP contribution in [0, 0.1) is 0 Å². The zero-order chi connectivity index (χ0) is 11.5. The van der Waals surface area contributed by atoms with Gasteiger partial charge in [0.05, 0.1) is 0 Å². The molecule has 1 fully saturated rings. The van der Waals surface area contributed by atoms with E-state index in [0.29, 0.717) is 6.61 Å². The Morgan fingerprint density at radius 2 is 2.13 bits per heavy atom. The molecule has 0 aliphatic carbocycles. The van der Waals surface area contributed by atoms with Crippen molar-refractivity contribution in [1.29, 1.82) is 0 Å². The fourth-order valence-corrected chi connectivity index (χ4v) is 2.16. The van der Waals surface area contributed by atoms with Gasteiger partial charge in [0.2, 0.25) is 0 Å². The van der Waals surface area contributed by atoms with Crippen LogP contribution >= 0.6 is 0 Å². The summed E-state index contributed by atoms with van der Waals surface area (Å²) in [6.07, 6.45) is 2.89. The second kappa shape index (κ2) is 4.62. The van der Waals surface area contributed by atoms with Crippen LogP contribution in [0.4, 0.5) is 0 Å². The first-order chi connectivity index (χ1) is 6.93. The van der Waals surface area contributed by atoms with Crippen molar-refractivity contribution in [1.82, 2.24) is 4.90 Å². The minimum Gasteiger partial charge on any atom is -0.366 e. The zero-order valence-electron chi connectivity index (χ0n) is 10.4. The zero-order valence-corrected chi connectivity index (χ0v) is 10.4. The number of carbonyl (C=O) groups excluding carboxylic acids is 1. The number of piperidine rings is 1. The first-order valence-electron chi connectivity index (χ1n) is 5.79. The van der Waals surface area contributed by atoms with Gasteiger partial charge in [-0.2, -0.15) is 0 Å². The Hall–Kier alpha value is -0.410. The van der Waals surface area contributed by atoms with Gasteiger partial charge in [0.15, 0.2) is 6.29 Å². The van der Waals surface area contributed by atoms with Crippen molar-refractivity contribution in [3.63, 3.8) is 0 Å². The molecule has 0 N–H and O–H groups in total. The predicted molar refractivity (Wildman–Crippen MR) is 61.0 cm³/mol. The molecule has 0 aromatic carbocycles. The van der Waals surface area contributed by atoms with Gasteiger partial charge < -0.3 is 9.53 Å². The summed E-state index contributed by atoms with van der Waals surface area (Å²) in [5.74, 6) is 0. The summed E-state index contributed by atoms with van der Waals surface area (Å²) < 4.78 is 5.64. The van der Waals surface area contributed by atoms with E-state index in [4.69, 9.17) is 4.74 Å². The Balaban J connectivity index is 2.72. The first-order valence-corrected chi connectivity index (χ1v) is 5.79. The third kappa shape index (κ3) is 3.02. The highest BCUT2D eigenvalue weighted by molar-refractivity contribution is 5.63. The van der Waals surface area contributed by atoms with Crippen molar-refractivity contribution in [2.45, 2.75) is 51.7 Å². The van der Waals surface area contributed by atoms with Crippen LogP contribution in [0.25, 0.3) is 0 Å². The number of likely N-dealkylation sites (tertiary alicyclic amines) is 1. The van der Waals surface area contributed by atoms with E-state index in [9.17, 15) is 4.79 Å². The maximum atomic E-state index is 11.2. The molecule has 15 heavy (non-hydrogen) atoms. The predicted octanol–water partition coefficient (Wildman–Crippen LogP) is 1.85. The minimum atomic E-state index is -0.555. The van der Waals surface area contributed by atoms with E-state index in [0.717, 1.165) is 32.2 Å². The molecule has 1 heterocycles. The molecule has 0 aromatic rings. The SMILES string of the molecule is CCOC1(C=O)CCCN(C(C)(C)C)C1. The summed E-state index contributed by atoms with van der Waals surface area (Å²) in [6, 6.07) is 0. The second-order valence-corrected chi connectivity index (χ2v) is 5.31. The molecule has 0 bridgehead atoms. The Morgan fingerprint density at radius 1 is 1.47 bits per heavy atom. The number of ether oxygens (including phenoxy) is 1. The molecule has 0 aromatic heterocycles. The van der Waals surface area contributed by atoms with Gasteiger partial charge >= 0.3 is 0 Å². The molecule has 0 amide bonds. The Kier molecular flexibility index (Phi) is 3.90. The van der Waals surface area contributed by atoms with Crippen molar-refractivity contribution in [3.8, 4) is 0 Å². The number of hydrogen-bond donors (Lipinski definition) is 0. The molecule has 0 radical (unpaired) electrons. The van der Waals surface area contributed by atoms with Crippen LogP contribution in [0.5, 0.6) is 0 Å². The number of hydrogen-bond acceptors (Lipinski definition) is 3. The molecule has 1 aliphatic heterocycles. The summed E-state index contributed by atoms with van der Waals surface area (Å²) in [5, 5.41) is 0. The Morgan fingerprint density at radius 3 is 2.60 bits per heavy atom. The molecular formula is C12H23NO2. The maximum absolute atomic E-state index is 11.2. The van der Waals surface area contributed by atoms with Crippen LogP contribution in [-0.4, -0.2) is 42.0 Å². The Bertz CT molecular complexity index is 218. The van der Waals surface area contributed by atoms with Gasteiger partial charge in [-0.1, -0.05) is 0 Å². The molecule has 1 unspecified atom stereocenters. The summed E-state index contributed by atoms with van der Waals surface area (Å²) in [6.45, 7) is 10.9. The topological polar surface area (TPSA) is 29.5 Å². The van der Waals surface area contributed by atoms with Crippen molar-refractivity contribution >= 4 is 6.29 Å². The molecule has 3 nitrogen and oxygen atoms in total. The van der Waals surface area contributed by atoms with E-state index in [1.807, 2.05) is 6.92 Å². The van der Waals surface area contributed by atoms with Gasteiger partial charge in [-0.25, -0.2) is 0 Å². The summed E-state index contributed by atoms with van der Waals surface area (Å²) >= 11 is 0. The smallest absolute Gasteiger partial charge is 0.153 e. The highest BCUT2D eigenvalue weighted by atomic mass is 16.5. The highest BCUT2D eigenvalue weighted by Crippen LogP contribution is 2.28. The first kappa shape index (κ1) is 12.7. The third-order valence-electron chi connectivity index (χ3n) is 3.08. The Labute approximate surface area is 92.8 Å². The fraction of sp³-hybridized carbons (Fsp3) is 0.917. The maximum Gasteiger partial charge on any atom is 0.153 e. The van der Waals surface area contributed by atoms with Crippen molar-refractivity contribution in [2.75, 3.05) is 19.7 Å². The van der Waals surface area contributed by atoms with Crippen LogP contribution in [0.1, 0.15) is 40.5 Å². The summed E-state index contributed by atoms with van der Waals surface area (Å²) in [5.41, 5.74) is -0.438. The molecule has 0 spiro atoms. The molecule has 3 heteroatoms. The van der Waals surface area contributed by atoms with E-state index >= 15 is 0 Å². The van der Waals surface area contributed by atoms with Gasteiger partial charge in [-0.05, 0) is 47.1 Å². The van der Waals surface area contributed by atoms with E-state index in [1.54, 1.807) is 0 Å². The van der Waals surface area contributed by atoms with Gasteiger partial charge in [0.25, 0.3) is 0 Å². The van der Waals surface area contributed by atoms with Crippen LogP contribution in [0.15, 0.2) is 0 Å². The molecule has 1 atom stereocenters. The molecular weight excluding hydrogens is 190 g/mol. The van der Waals surface area contributed by atoms with Crippen molar-refractivity contribution < 1.29 is 9.53 Å². The summed E-state index contributed by atoms with van der Waals surface area (Å²) in [7, 11) is 0. The van der Waals surface area contributed by atoms with Crippen LogP contribution in [0.3, 0.4) is 0 Å². The quantitative estimate of drug-likeness (QED) is 0.670. The normalized spacial score (nSPS) is 29.1. The van der Waals surface area contributed by atoms with Crippen molar-refractivity contribution in [3.05, 3.63) is 0 Å². The largest absolute Gasteiger partial charge is 0.366 e. The van der Waals surface area contributed by atoms with E-state index in [1.165, 1.54) is 0 Å². The van der Waals surface area contributed by atoms with E-state index in [-0.39, 0.29) is 5.54 Å². The number of carbonyl (C=O) groups is 1. The minimum absolute atomic E-state index is 0.117. The average Bonchev–Trinajstić information content (AvgIpc) is 2.17. The van der Waals surface area contributed by atoms with Gasteiger partial charge in [-0.15, -0.1) is 0 Å². The lowest BCUT2D eigenvalue weighted by Crippen LogP contribution is -2.56. The van der Waals surface area contributed by atoms with Gasteiger partial charge in [0.1, 0.15) is 5.60 Å². The van der Waals surface area contributed by atoms with Gasteiger partial charge in [0, 0.05) is 18.7 Å². The number of nitrogens with zero attached hydrogens (tertiary/aromatic N) is 1. The third-order valence-corrected chi connectivity index (χ3v) is 3.08. The van der Waals surface area contributed by atoms with Crippen LogP contribution in [0.2, 0.25) is 0 Å². The molecule has 1 rings (SSSR count). The lowest BCUT2D eigenvalue weighted by atomic mass is 9.90.